The van der Waals surface area contributed by atoms with E-state index in [0.29, 0.717) is 16.7 Å². The second-order valence-electron chi connectivity index (χ2n) is 7.31. The van der Waals surface area contributed by atoms with Gasteiger partial charge >= 0.3 is 0 Å². The molecule has 0 aliphatic heterocycles. The van der Waals surface area contributed by atoms with E-state index in [9.17, 15) is 10.1 Å². The van der Waals surface area contributed by atoms with Crippen LogP contribution in [0.25, 0.3) is 33.2 Å². The smallest absolute Gasteiger partial charge is 0.194 e. The molecule has 148 valence electrons. The van der Waals surface area contributed by atoms with Crippen LogP contribution in [0, 0.1) is 11.3 Å². The van der Waals surface area contributed by atoms with E-state index in [1.165, 1.54) is 19.8 Å². The number of carbonyl (C=O) groups is 1. The molecule has 2 aromatic heterocycles. The topological polar surface area (TPSA) is 40.9 Å². The zero-order valence-corrected chi connectivity index (χ0v) is 18.4. The summed E-state index contributed by atoms with van der Waals surface area (Å²) < 4.78 is 2.41. The van der Waals surface area contributed by atoms with Crippen molar-refractivity contribution in [2.75, 3.05) is 0 Å². The van der Waals surface area contributed by atoms with Gasteiger partial charge in [0, 0.05) is 41.4 Å². The highest BCUT2D eigenvalue weighted by Gasteiger charge is 2.31. The molecule has 0 amide bonds. The number of Topliss-reactive ketones (excluding diaryl/α,β-unsaturated/α-hetero) is 1. The van der Waals surface area contributed by atoms with Crippen LogP contribution in [0.5, 0.6) is 0 Å². The summed E-state index contributed by atoms with van der Waals surface area (Å²) in [5, 5.41) is 9.49. The van der Waals surface area contributed by atoms with Crippen molar-refractivity contribution in [3.05, 3.63) is 104 Å². The number of carbonyl (C=O) groups excluding carboxylic acids is 1. The molecular weight excluding hydrogens is 418 g/mol. The average Bonchev–Trinajstić information content (AvgIpc) is 3.43. The van der Waals surface area contributed by atoms with E-state index in [4.69, 9.17) is 0 Å². The summed E-state index contributed by atoms with van der Waals surface area (Å²) in [6, 6.07) is 24.3. The lowest BCUT2D eigenvalue weighted by Gasteiger charge is -2.02. The van der Waals surface area contributed by atoms with E-state index in [-0.39, 0.29) is 5.78 Å². The Balaban J connectivity index is 1.50. The number of hydrogen-bond donors (Lipinski definition) is 0. The van der Waals surface area contributed by atoms with Crippen molar-refractivity contribution in [3.63, 3.8) is 0 Å². The number of ketones is 1. The largest absolute Gasteiger partial charge is 0.289 e. The van der Waals surface area contributed by atoms with Crippen LogP contribution < -0.4 is 0 Å². The Kier molecular flexibility index (Phi) is 4.99. The molecule has 4 aromatic rings. The number of fused-ring (bicyclic) bond motifs is 2. The summed E-state index contributed by atoms with van der Waals surface area (Å²) in [6.07, 6.45) is 6.20. The van der Waals surface area contributed by atoms with Crippen molar-refractivity contribution < 1.29 is 4.79 Å². The van der Waals surface area contributed by atoms with E-state index in [1.807, 2.05) is 48.5 Å². The van der Waals surface area contributed by atoms with Crippen LogP contribution in [0.3, 0.4) is 0 Å². The summed E-state index contributed by atoms with van der Waals surface area (Å²) in [5.41, 5.74) is 4.63. The molecule has 31 heavy (non-hydrogen) atoms. The van der Waals surface area contributed by atoms with Gasteiger partial charge in [-0.15, -0.1) is 22.7 Å². The first-order chi connectivity index (χ1) is 15.1. The normalized spacial score (nSPS) is 16.3. The molecular formula is C27H17NOS2. The van der Waals surface area contributed by atoms with Gasteiger partial charge in [-0.2, -0.15) is 5.26 Å². The summed E-state index contributed by atoms with van der Waals surface area (Å²) >= 11 is 3.41. The number of allylic oxidation sites excluding steroid dienone is 3. The predicted molar refractivity (Wildman–Crippen MR) is 132 cm³/mol. The van der Waals surface area contributed by atoms with E-state index in [1.54, 1.807) is 29.6 Å². The Hall–Kier alpha value is -3.52. The minimum atomic E-state index is -0.0107. The molecule has 0 fully saturated rings. The maximum Gasteiger partial charge on any atom is 0.194 e. The highest BCUT2D eigenvalue weighted by Crippen LogP contribution is 2.41. The molecule has 0 bridgehead atoms. The van der Waals surface area contributed by atoms with Gasteiger partial charge < -0.3 is 0 Å². The van der Waals surface area contributed by atoms with Crippen LogP contribution in [0.2, 0.25) is 0 Å². The van der Waals surface area contributed by atoms with E-state index in [2.05, 4.69) is 42.5 Å². The highest BCUT2D eigenvalue weighted by atomic mass is 32.1. The quantitative estimate of drug-likeness (QED) is 0.244. The third-order valence-electron chi connectivity index (χ3n) is 5.27. The predicted octanol–water partition coefficient (Wildman–Crippen LogP) is 7.71. The third kappa shape index (κ3) is 3.59. The lowest BCUT2D eigenvalue weighted by molar-refractivity contribution is 0.104. The van der Waals surface area contributed by atoms with Crippen LogP contribution in [0.4, 0.5) is 0 Å². The maximum absolute atomic E-state index is 13.0. The molecule has 1 aliphatic rings. The number of hydrogen-bond acceptors (Lipinski definition) is 4. The van der Waals surface area contributed by atoms with E-state index in [0.717, 1.165) is 16.0 Å². The van der Waals surface area contributed by atoms with Crippen molar-refractivity contribution in [1.29, 1.82) is 5.26 Å². The van der Waals surface area contributed by atoms with Crippen molar-refractivity contribution in [3.8, 4) is 6.07 Å². The zero-order chi connectivity index (χ0) is 21.4. The highest BCUT2D eigenvalue weighted by molar-refractivity contribution is 7.28. The standard InChI is InChI=1S/C27H17NOS2/c1-17(16-28)26-21-9-5-6-10-22(21)27(29)23(26)13-20-15-25-24(31-20)14-19(30-25)12-11-18-7-3-2-4-8-18/h2-15H,1H3/b12-11+,23-13-,26-17?. The Bertz CT molecular complexity index is 1420. The molecule has 0 saturated heterocycles. The third-order valence-corrected chi connectivity index (χ3v) is 7.47. The number of nitriles is 1. The molecule has 0 N–H and O–H groups in total. The van der Waals surface area contributed by atoms with Gasteiger partial charge in [0.05, 0.1) is 6.07 Å². The van der Waals surface area contributed by atoms with Gasteiger partial charge in [0.15, 0.2) is 5.78 Å². The first-order valence-corrected chi connectivity index (χ1v) is 11.5. The Morgan fingerprint density at radius 2 is 1.52 bits per heavy atom. The van der Waals surface area contributed by atoms with Crippen LogP contribution >= 0.6 is 22.7 Å². The Morgan fingerprint density at radius 3 is 2.26 bits per heavy atom. The van der Waals surface area contributed by atoms with Crippen molar-refractivity contribution in [1.82, 2.24) is 0 Å². The second-order valence-corrected chi connectivity index (χ2v) is 9.55. The second kappa shape index (κ2) is 7.96. The number of thiophene rings is 2. The van der Waals surface area contributed by atoms with Crippen molar-refractivity contribution in [2.24, 2.45) is 0 Å². The summed E-state index contributed by atoms with van der Waals surface area (Å²) in [6.45, 7) is 1.77. The van der Waals surface area contributed by atoms with Gasteiger partial charge in [-0.05, 0) is 42.3 Å². The summed E-state index contributed by atoms with van der Waals surface area (Å²) in [7, 11) is 0. The molecule has 0 saturated carbocycles. The summed E-state index contributed by atoms with van der Waals surface area (Å²) in [4.78, 5) is 15.3. The molecule has 0 atom stereocenters. The minimum absolute atomic E-state index is 0.0107. The number of benzene rings is 2. The Morgan fingerprint density at radius 1 is 0.871 bits per heavy atom. The molecule has 0 spiro atoms. The first kappa shape index (κ1) is 19.4. The molecule has 4 heteroatoms. The molecule has 5 rings (SSSR count). The molecule has 0 radical (unpaired) electrons. The lowest BCUT2D eigenvalue weighted by Crippen LogP contribution is -1.95. The molecule has 2 heterocycles. The molecule has 2 aromatic carbocycles. The molecule has 2 nitrogen and oxygen atoms in total. The average molecular weight is 436 g/mol. The van der Waals surface area contributed by atoms with Crippen LogP contribution in [0.1, 0.15) is 38.2 Å². The van der Waals surface area contributed by atoms with Gasteiger partial charge in [-0.1, -0.05) is 60.7 Å². The fourth-order valence-corrected chi connectivity index (χ4v) is 6.08. The number of nitrogens with zero attached hydrogens (tertiary/aromatic N) is 1. The Labute approximate surface area is 188 Å². The van der Waals surface area contributed by atoms with Gasteiger partial charge in [0.1, 0.15) is 0 Å². The molecule has 1 aliphatic carbocycles. The van der Waals surface area contributed by atoms with Gasteiger partial charge in [-0.3, -0.25) is 4.79 Å². The van der Waals surface area contributed by atoms with Crippen molar-refractivity contribution >= 4 is 61.7 Å². The van der Waals surface area contributed by atoms with E-state index < -0.39 is 0 Å². The summed E-state index contributed by atoms with van der Waals surface area (Å²) in [5.74, 6) is -0.0107. The van der Waals surface area contributed by atoms with Crippen LogP contribution in [-0.4, -0.2) is 5.78 Å². The van der Waals surface area contributed by atoms with E-state index >= 15 is 0 Å². The lowest BCUT2D eigenvalue weighted by atomic mass is 10.00. The minimum Gasteiger partial charge on any atom is -0.289 e. The monoisotopic (exact) mass is 435 g/mol. The maximum atomic E-state index is 13.0. The molecule has 0 unspecified atom stereocenters. The van der Waals surface area contributed by atoms with Gasteiger partial charge in [0.2, 0.25) is 0 Å². The van der Waals surface area contributed by atoms with Gasteiger partial charge in [0.25, 0.3) is 0 Å². The zero-order valence-electron chi connectivity index (χ0n) is 16.8. The first-order valence-electron chi connectivity index (χ1n) is 9.87. The van der Waals surface area contributed by atoms with Crippen LogP contribution in [-0.2, 0) is 0 Å². The van der Waals surface area contributed by atoms with Crippen molar-refractivity contribution in [2.45, 2.75) is 6.92 Å². The fourth-order valence-electron chi connectivity index (χ4n) is 3.81. The van der Waals surface area contributed by atoms with Gasteiger partial charge in [-0.25, -0.2) is 0 Å². The SMILES string of the molecule is CC(C#N)=C1/C(=C/c2cc3sc(/C=C/c4ccccc4)cc3s2)C(=O)c2ccccc21. The number of rotatable bonds is 3. The fraction of sp³-hybridized carbons (Fsp3) is 0.0370. The van der Waals surface area contributed by atoms with Crippen LogP contribution in [0.15, 0.2) is 77.9 Å².